The van der Waals surface area contributed by atoms with E-state index < -0.39 is 28.1 Å². The van der Waals surface area contributed by atoms with Crippen molar-refractivity contribution in [3.63, 3.8) is 0 Å². The maximum Gasteiger partial charge on any atom is 0.325 e. The molecule has 1 aliphatic rings. The molecule has 1 aromatic heterocycles. The van der Waals surface area contributed by atoms with Crippen molar-refractivity contribution in [3.05, 3.63) is 11.5 Å². The Bertz CT molecular complexity index is 699. The second-order valence-corrected chi connectivity index (χ2v) is 6.96. The highest BCUT2D eigenvalue weighted by Crippen LogP contribution is 2.30. The van der Waals surface area contributed by atoms with Gasteiger partial charge in [-0.3, -0.25) is 4.79 Å². The zero-order valence-corrected chi connectivity index (χ0v) is 13.4. The fraction of sp³-hybridized carbons (Fsp3) is 0.615. The summed E-state index contributed by atoms with van der Waals surface area (Å²) in [6, 6.07) is 0.861. The standard InChI is InChI=1S/C13H17N3O5S/c1-8(7-14)20-13(17)11-5-4-6-16(11)22(18,19)12-9(2)15-21-10(12)3/h8,11H,4-6H2,1-3H3/t8-,11-/m0/s1. The van der Waals surface area contributed by atoms with Crippen LogP contribution in [0.25, 0.3) is 0 Å². The number of sulfonamides is 1. The number of carbonyl (C=O) groups is 1. The Kier molecular flexibility index (Phi) is 4.53. The second kappa shape index (κ2) is 6.06. The molecule has 1 saturated heterocycles. The molecule has 8 nitrogen and oxygen atoms in total. The van der Waals surface area contributed by atoms with Crippen LogP contribution in [0.2, 0.25) is 0 Å². The maximum absolute atomic E-state index is 12.8. The quantitative estimate of drug-likeness (QED) is 0.755. The lowest BCUT2D eigenvalue weighted by molar-refractivity contribution is -0.149. The molecule has 2 atom stereocenters. The van der Waals surface area contributed by atoms with Crippen LogP contribution in [0.5, 0.6) is 0 Å². The second-order valence-electron chi connectivity index (χ2n) is 5.14. The molecule has 0 spiro atoms. The van der Waals surface area contributed by atoms with Crippen LogP contribution in [0.15, 0.2) is 9.42 Å². The van der Waals surface area contributed by atoms with E-state index in [0.717, 1.165) is 4.31 Å². The van der Waals surface area contributed by atoms with Crippen LogP contribution in [-0.2, 0) is 19.6 Å². The Morgan fingerprint density at radius 1 is 1.55 bits per heavy atom. The van der Waals surface area contributed by atoms with Crippen LogP contribution in [0.1, 0.15) is 31.2 Å². The number of nitriles is 1. The SMILES string of the molecule is Cc1noc(C)c1S(=O)(=O)N1CCC[C@H]1C(=O)O[C@@H](C)C#N. The number of esters is 1. The van der Waals surface area contributed by atoms with Gasteiger partial charge in [0.15, 0.2) is 11.9 Å². The summed E-state index contributed by atoms with van der Waals surface area (Å²) in [6.45, 7) is 4.69. The molecule has 2 rings (SSSR count). The van der Waals surface area contributed by atoms with E-state index in [1.165, 1.54) is 20.8 Å². The van der Waals surface area contributed by atoms with E-state index in [1.807, 2.05) is 0 Å². The van der Waals surface area contributed by atoms with Gasteiger partial charge in [0.05, 0.1) is 0 Å². The highest BCUT2D eigenvalue weighted by atomic mass is 32.2. The Morgan fingerprint density at radius 3 is 2.77 bits per heavy atom. The van der Waals surface area contributed by atoms with Crippen molar-refractivity contribution in [3.8, 4) is 6.07 Å². The topological polar surface area (TPSA) is 114 Å². The molecule has 0 bridgehead atoms. The molecule has 1 aliphatic heterocycles. The minimum atomic E-state index is -3.90. The van der Waals surface area contributed by atoms with Crippen molar-refractivity contribution >= 4 is 16.0 Å². The molecule has 22 heavy (non-hydrogen) atoms. The predicted octanol–water partition coefficient (Wildman–Crippen LogP) is 0.900. The number of aromatic nitrogens is 1. The third-order valence-corrected chi connectivity index (χ3v) is 5.64. The summed E-state index contributed by atoms with van der Waals surface area (Å²) in [5.74, 6) is -0.524. The number of aryl methyl sites for hydroxylation is 2. The largest absolute Gasteiger partial charge is 0.446 e. The third-order valence-electron chi connectivity index (χ3n) is 3.49. The van der Waals surface area contributed by atoms with Gasteiger partial charge in [-0.1, -0.05) is 5.16 Å². The van der Waals surface area contributed by atoms with Gasteiger partial charge >= 0.3 is 5.97 Å². The van der Waals surface area contributed by atoms with Gasteiger partial charge in [-0.05, 0) is 33.6 Å². The van der Waals surface area contributed by atoms with Crippen LogP contribution in [0.4, 0.5) is 0 Å². The van der Waals surface area contributed by atoms with Crippen LogP contribution in [-0.4, -0.2) is 42.5 Å². The van der Waals surface area contributed by atoms with E-state index in [0.29, 0.717) is 12.8 Å². The molecular weight excluding hydrogens is 310 g/mol. The summed E-state index contributed by atoms with van der Waals surface area (Å²) in [7, 11) is -3.90. The first-order valence-corrected chi connectivity index (χ1v) is 8.28. The van der Waals surface area contributed by atoms with Gasteiger partial charge < -0.3 is 9.26 Å². The van der Waals surface area contributed by atoms with Crippen molar-refractivity contribution < 1.29 is 22.5 Å². The molecule has 0 N–H and O–H groups in total. The smallest absolute Gasteiger partial charge is 0.325 e. The zero-order valence-electron chi connectivity index (χ0n) is 12.6. The average molecular weight is 327 g/mol. The fourth-order valence-electron chi connectivity index (χ4n) is 2.50. The first-order chi connectivity index (χ1) is 10.3. The highest BCUT2D eigenvalue weighted by Gasteiger charge is 2.43. The van der Waals surface area contributed by atoms with Gasteiger partial charge in [0, 0.05) is 6.54 Å². The number of carbonyl (C=O) groups excluding carboxylic acids is 1. The Labute approximate surface area is 128 Å². The molecule has 0 radical (unpaired) electrons. The van der Waals surface area contributed by atoms with Crippen LogP contribution in [0, 0.1) is 25.2 Å². The molecule has 1 fully saturated rings. The van der Waals surface area contributed by atoms with E-state index in [4.69, 9.17) is 14.5 Å². The van der Waals surface area contributed by atoms with E-state index in [9.17, 15) is 13.2 Å². The lowest BCUT2D eigenvalue weighted by atomic mass is 10.2. The van der Waals surface area contributed by atoms with Gasteiger partial charge in [-0.15, -0.1) is 0 Å². The predicted molar refractivity (Wildman–Crippen MR) is 74.1 cm³/mol. The zero-order chi connectivity index (χ0) is 16.5. The van der Waals surface area contributed by atoms with E-state index >= 15 is 0 Å². The van der Waals surface area contributed by atoms with Crippen LogP contribution in [0.3, 0.4) is 0 Å². The van der Waals surface area contributed by atoms with Crippen molar-refractivity contribution in [1.29, 1.82) is 5.26 Å². The Balaban J connectivity index is 2.31. The summed E-state index contributed by atoms with van der Waals surface area (Å²) in [4.78, 5) is 12.1. The summed E-state index contributed by atoms with van der Waals surface area (Å²) in [6.07, 6.45) is -0.0141. The first kappa shape index (κ1) is 16.5. The summed E-state index contributed by atoms with van der Waals surface area (Å²) in [5, 5.41) is 12.3. The van der Waals surface area contributed by atoms with E-state index in [1.54, 1.807) is 6.07 Å². The van der Waals surface area contributed by atoms with Crippen LogP contribution < -0.4 is 0 Å². The molecular formula is C13H17N3O5S. The molecule has 0 unspecified atom stereocenters. The number of rotatable bonds is 4. The molecule has 120 valence electrons. The monoisotopic (exact) mass is 327 g/mol. The number of hydrogen-bond donors (Lipinski definition) is 0. The van der Waals surface area contributed by atoms with E-state index in [-0.39, 0.29) is 22.9 Å². The van der Waals surface area contributed by atoms with Crippen molar-refractivity contribution in [2.75, 3.05) is 6.54 Å². The van der Waals surface area contributed by atoms with Gasteiger partial charge in [-0.2, -0.15) is 9.57 Å². The molecule has 1 aromatic rings. The molecule has 9 heteroatoms. The minimum absolute atomic E-state index is 0.0134. The number of nitrogens with zero attached hydrogens (tertiary/aromatic N) is 3. The third kappa shape index (κ3) is 2.84. The lowest BCUT2D eigenvalue weighted by Gasteiger charge is -2.22. The lowest BCUT2D eigenvalue weighted by Crippen LogP contribution is -2.42. The molecule has 0 amide bonds. The first-order valence-electron chi connectivity index (χ1n) is 6.84. The summed E-state index contributed by atoms with van der Waals surface area (Å²) < 4.78 is 36.5. The summed E-state index contributed by atoms with van der Waals surface area (Å²) >= 11 is 0. The molecule has 0 aliphatic carbocycles. The molecule has 0 aromatic carbocycles. The molecule has 0 saturated carbocycles. The number of ether oxygens (including phenoxy) is 1. The maximum atomic E-state index is 12.8. The van der Waals surface area contributed by atoms with Crippen molar-refractivity contribution in [2.24, 2.45) is 0 Å². The average Bonchev–Trinajstić information content (AvgIpc) is 3.06. The number of hydrogen-bond acceptors (Lipinski definition) is 7. The minimum Gasteiger partial charge on any atom is -0.446 e. The highest BCUT2D eigenvalue weighted by molar-refractivity contribution is 7.89. The Morgan fingerprint density at radius 2 is 2.23 bits per heavy atom. The van der Waals surface area contributed by atoms with Gasteiger partial charge in [-0.25, -0.2) is 8.42 Å². The summed E-state index contributed by atoms with van der Waals surface area (Å²) in [5.41, 5.74) is 0.252. The Hall–Kier alpha value is -1.92. The van der Waals surface area contributed by atoms with Gasteiger partial charge in [0.2, 0.25) is 10.0 Å². The fourth-order valence-corrected chi connectivity index (χ4v) is 4.44. The van der Waals surface area contributed by atoms with Gasteiger partial charge in [0.25, 0.3) is 0 Å². The molecule has 2 heterocycles. The van der Waals surface area contributed by atoms with Gasteiger partial charge in [0.1, 0.15) is 22.7 Å². The van der Waals surface area contributed by atoms with E-state index in [2.05, 4.69) is 5.16 Å². The van der Waals surface area contributed by atoms with Crippen molar-refractivity contribution in [2.45, 2.75) is 50.7 Å². The van der Waals surface area contributed by atoms with Crippen LogP contribution >= 0.6 is 0 Å². The normalized spacial score (nSPS) is 20.5. The van der Waals surface area contributed by atoms with Crippen molar-refractivity contribution in [1.82, 2.24) is 9.46 Å².